The first-order valence-electron chi connectivity index (χ1n) is 11.5. The van der Waals surface area contributed by atoms with Crippen LogP contribution in [0.15, 0.2) is 66.2 Å². The molecule has 0 bridgehead atoms. The number of nitrogens with zero attached hydrogens (tertiary/aromatic N) is 1. The van der Waals surface area contributed by atoms with Crippen LogP contribution in [0.25, 0.3) is 16.7 Å². The summed E-state index contributed by atoms with van der Waals surface area (Å²) in [6, 6.07) is 17.4. The van der Waals surface area contributed by atoms with Gasteiger partial charge in [-0.2, -0.15) is 0 Å². The van der Waals surface area contributed by atoms with Gasteiger partial charge in [-0.15, -0.1) is 0 Å². The first kappa shape index (κ1) is 23.7. The number of hydrogen-bond donors (Lipinski definition) is 2. The lowest BCUT2D eigenvalue weighted by atomic mass is 9.93. The normalized spacial score (nSPS) is 17.2. The number of ketones is 1. The van der Waals surface area contributed by atoms with Crippen LogP contribution >= 0.6 is 11.6 Å². The number of Topliss-reactive ketones (excluding diaryl/α,β-unsaturated/α-hetero) is 1. The highest BCUT2D eigenvalue weighted by Crippen LogP contribution is 2.46. The van der Waals surface area contributed by atoms with Crippen molar-refractivity contribution in [2.75, 3.05) is 12.0 Å². The Morgan fingerprint density at radius 3 is 2.36 bits per heavy atom. The number of para-hydroxylation sites is 1. The minimum Gasteiger partial charge on any atom is -0.507 e. The van der Waals surface area contributed by atoms with Crippen molar-refractivity contribution in [2.45, 2.75) is 26.8 Å². The number of rotatable bonds is 4. The molecule has 0 aliphatic carbocycles. The van der Waals surface area contributed by atoms with E-state index in [9.17, 15) is 14.7 Å². The molecular formula is C29H25ClN2O4. The van der Waals surface area contributed by atoms with Gasteiger partial charge >= 0.3 is 0 Å². The largest absolute Gasteiger partial charge is 0.507 e. The van der Waals surface area contributed by atoms with Gasteiger partial charge in [0, 0.05) is 33.4 Å². The minimum absolute atomic E-state index is 0.00763. The quantitative estimate of drug-likeness (QED) is 0.193. The summed E-state index contributed by atoms with van der Waals surface area (Å²) in [4.78, 5) is 32.0. The smallest absolute Gasteiger partial charge is 0.300 e. The van der Waals surface area contributed by atoms with Gasteiger partial charge in [0.15, 0.2) is 0 Å². The Labute approximate surface area is 213 Å². The van der Waals surface area contributed by atoms with E-state index in [-0.39, 0.29) is 16.4 Å². The number of anilines is 1. The van der Waals surface area contributed by atoms with Crippen LogP contribution < -0.4 is 9.64 Å². The molecule has 1 unspecified atom stereocenters. The molecule has 5 rings (SSSR count). The number of aliphatic hydroxyl groups excluding tert-OH is 1. The molecule has 1 aromatic heterocycles. The monoisotopic (exact) mass is 500 g/mol. The van der Waals surface area contributed by atoms with Crippen molar-refractivity contribution in [2.24, 2.45) is 0 Å². The van der Waals surface area contributed by atoms with E-state index in [1.165, 1.54) is 18.1 Å². The fourth-order valence-corrected chi connectivity index (χ4v) is 5.34. The van der Waals surface area contributed by atoms with E-state index in [4.69, 9.17) is 16.3 Å². The number of hydrogen-bond acceptors (Lipinski definition) is 4. The first-order valence-corrected chi connectivity index (χ1v) is 11.9. The van der Waals surface area contributed by atoms with Gasteiger partial charge in [-0.3, -0.25) is 14.5 Å². The van der Waals surface area contributed by atoms with Gasteiger partial charge in [0.2, 0.25) is 0 Å². The average molecular weight is 501 g/mol. The van der Waals surface area contributed by atoms with E-state index in [2.05, 4.69) is 4.98 Å². The van der Waals surface area contributed by atoms with E-state index in [0.717, 1.165) is 33.3 Å². The topological polar surface area (TPSA) is 82.6 Å². The van der Waals surface area contributed by atoms with Crippen molar-refractivity contribution in [3.63, 3.8) is 0 Å². The molecule has 0 spiro atoms. The van der Waals surface area contributed by atoms with Gasteiger partial charge in [0.1, 0.15) is 11.5 Å². The number of H-pyrrole nitrogens is 1. The number of amides is 1. The molecule has 1 aliphatic heterocycles. The number of methoxy groups -OCH3 is 1. The molecule has 1 saturated heterocycles. The zero-order valence-electron chi connectivity index (χ0n) is 20.3. The molecule has 1 aliphatic rings. The number of carbonyl (C=O) groups excluding carboxylic acids is 2. The second-order valence-corrected chi connectivity index (χ2v) is 9.48. The Morgan fingerprint density at radius 1 is 1.00 bits per heavy atom. The van der Waals surface area contributed by atoms with Gasteiger partial charge in [0.25, 0.3) is 11.7 Å². The number of nitrogens with one attached hydrogen (secondary N) is 1. The fourth-order valence-electron chi connectivity index (χ4n) is 5.08. The number of carbonyl (C=O) groups is 2. The minimum atomic E-state index is -0.844. The summed E-state index contributed by atoms with van der Waals surface area (Å²) in [6.07, 6.45) is 0. The summed E-state index contributed by atoms with van der Waals surface area (Å²) in [6.45, 7) is 5.79. The summed E-state index contributed by atoms with van der Waals surface area (Å²) in [5.74, 6) is -1.31. The predicted octanol–water partition coefficient (Wildman–Crippen LogP) is 6.38. The molecule has 0 radical (unpaired) electrons. The fraction of sp³-hybridized carbons (Fsp3) is 0.172. The molecule has 2 N–H and O–H groups in total. The molecule has 2 heterocycles. The Kier molecular flexibility index (Phi) is 5.85. The number of benzene rings is 3. The van der Waals surface area contributed by atoms with E-state index in [1.807, 2.05) is 63.2 Å². The molecule has 1 atom stereocenters. The lowest BCUT2D eigenvalue weighted by Gasteiger charge is -2.26. The van der Waals surface area contributed by atoms with Gasteiger partial charge in [0.05, 0.1) is 23.7 Å². The third-order valence-corrected chi connectivity index (χ3v) is 6.87. The molecule has 1 amide bonds. The van der Waals surface area contributed by atoms with E-state index < -0.39 is 17.7 Å². The standard InChI is InChI=1S/C29H25ClN2O4/c1-15-11-16(2)13-19(12-15)32-26(24-17(3)31-22-8-6-5-7-20(22)24)25(28(34)29(32)35)27(33)18-9-10-23(36-4)21(30)14-18/h5-14,26,31,33H,1-4H3/b27-25+. The number of aromatic amines is 1. The second-order valence-electron chi connectivity index (χ2n) is 9.07. The van der Waals surface area contributed by atoms with Crippen LogP contribution in [-0.4, -0.2) is 28.9 Å². The first-order chi connectivity index (χ1) is 17.2. The maximum Gasteiger partial charge on any atom is 0.300 e. The maximum absolute atomic E-state index is 13.6. The molecule has 4 aromatic rings. The third-order valence-electron chi connectivity index (χ3n) is 6.57. The van der Waals surface area contributed by atoms with Crippen LogP contribution in [-0.2, 0) is 9.59 Å². The van der Waals surface area contributed by atoms with Crippen molar-refractivity contribution in [1.29, 1.82) is 0 Å². The van der Waals surface area contributed by atoms with E-state index >= 15 is 0 Å². The third kappa shape index (κ3) is 3.74. The second kappa shape index (κ2) is 8.88. The number of aryl methyl sites for hydroxylation is 3. The van der Waals surface area contributed by atoms with Crippen LogP contribution in [0.1, 0.15) is 34.0 Å². The van der Waals surface area contributed by atoms with Gasteiger partial charge in [-0.25, -0.2) is 0 Å². The summed E-state index contributed by atoms with van der Waals surface area (Å²) in [5.41, 5.74) is 5.28. The highest BCUT2D eigenvalue weighted by Gasteiger charge is 2.48. The van der Waals surface area contributed by atoms with E-state index in [1.54, 1.807) is 12.1 Å². The van der Waals surface area contributed by atoms with Crippen LogP contribution in [0.2, 0.25) is 5.02 Å². The molecular weight excluding hydrogens is 476 g/mol. The Bertz CT molecular complexity index is 1560. The maximum atomic E-state index is 13.6. The van der Waals surface area contributed by atoms with Gasteiger partial charge in [-0.1, -0.05) is 35.9 Å². The van der Waals surface area contributed by atoms with Gasteiger partial charge in [-0.05, 0) is 68.3 Å². The summed E-state index contributed by atoms with van der Waals surface area (Å²) >= 11 is 6.32. The Hall–Kier alpha value is -4.03. The lowest BCUT2D eigenvalue weighted by molar-refractivity contribution is -0.132. The Morgan fingerprint density at radius 2 is 1.69 bits per heavy atom. The molecule has 3 aromatic carbocycles. The van der Waals surface area contributed by atoms with Crippen molar-refractivity contribution in [3.05, 3.63) is 99.2 Å². The molecule has 7 heteroatoms. The Balaban J connectivity index is 1.82. The number of aromatic nitrogens is 1. The van der Waals surface area contributed by atoms with Crippen molar-refractivity contribution >= 4 is 45.6 Å². The number of halogens is 1. The number of aliphatic hydroxyl groups is 1. The van der Waals surface area contributed by atoms with Crippen molar-refractivity contribution in [1.82, 2.24) is 4.98 Å². The SMILES string of the molecule is COc1ccc(/C(O)=C2\C(=O)C(=O)N(c3cc(C)cc(C)c3)C2c2c(C)[nH]c3ccccc23)cc1Cl. The van der Waals surface area contributed by atoms with Crippen LogP contribution in [0.3, 0.4) is 0 Å². The van der Waals surface area contributed by atoms with Crippen molar-refractivity contribution < 1.29 is 19.4 Å². The molecule has 0 saturated carbocycles. The van der Waals surface area contributed by atoms with Crippen LogP contribution in [0, 0.1) is 20.8 Å². The molecule has 6 nitrogen and oxygen atoms in total. The zero-order chi connectivity index (χ0) is 25.7. The molecule has 182 valence electrons. The number of fused-ring (bicyclic) bond motifs is 1. The predicted molar refractivity (Wildman–Crippen MR) is 142 cm³/mol. The van der Waals surface area contributed by atoms with Crippen LogP contribution in [0.5, 0.6) is 5.75 Å². The lowest BCUT2D eigenvalue weighted by Crippen LogP contribution is -2.29. The summed E-state index contributed by atoms with van der Waals surface area (Å²) < 4.78 is 5.22. The number of ether oxygens (including phenoxy) is 1. The van der Waals surface area contributed by atoms with Crippen LogP contribution in [0.4, 0.5) is 5.69 Å². The molecule has 1 fully saturated rings. The zero-order valence-corrected chi connectivity index (χ0v) is 21.1. The van der Waals surface area contributed by atoms with Gasteiger partial charge < -0.3 is 14.8 Å². The summed E-state index contributed by atoms with van der Waals surface area (Å²) in [5, 5.41) is 12.6. The summed E-state index contributed by atoms with van der Waals surface area (Å²) in [7, 11) is 1.50. The van der Waals surface area contributed by atoms with Crippen molar-refractivity contribution in [3.8, 4) is 5.75 Å². The average Bonchev–Trinajstić information content (AvgIpc) is 3.30. The molecule has 36 heavy (non-hydrogen) atoms. The highest BCUT2D eigenvalue weighted by molar-refractivity contribution is 6.52. The van der Waals surface area contributed by atoms with E-state index in [0.29, 0.717) is 17.0 Å². The highest BCUT2D eigenvalue weighted by atomic mass is 35.5.